The number of nitrogens with zero attached hydrogens (tertiary/aromatic N) is 8. The van der Waals surface area contributed by atoms with Gasteiger partial charge < -0.3 is 24.5 Å². The quantitative estimate of drug-likeness (QED) is 0.314. The molecule has 4 fully saturated rings. The fourth-order valence-electron chi connectivity index (χ4n) is 6.90. The number of aliphatic hydroxyl groups is 1. The van der Waals surface area contributed by atoms with Crippen molar-refractivity contribution in [3.05, 3.63) is 46.7 Å². The molecule has 1 amide bonds. The standard InChI is InChI=1S/C32H33FN8O3S/c1-19-3-5-20(6-4-19)25-24(14-34)45-30(35-25)38(2)28-22-13-23(26(33)36-27(22)37-41(28)21-7-8-21)39-15-31(16-39)17-40(18-31)29(42)32(43)9-11-44-12-10-32/h3-6,13,21,43H,7-12,15-18H2,1-2H3. The van der Waals surface area contributed by atoms with E-state index in [2.05, 4.69) is 11.1 Å². The van der Waals surface area contributed by atoms with Crippen LogP contribution in [0.15, 0.2) is 30.3 Å². The van der Waals surface area contributed by atoms with Crippen LogP contribution in [0.4, 0.5) is 21.0 Å². The summed E-state index contributed by atoms with van der Waals surface area (Å²) in [5.74, 6) is -0.0228. The molecule has 1 aromatic carbocycles. The molecule has 232 valence electrons. The summed E-state index contributed by atoms with van der Waals surface area (Å²) in [4.78, 5) is 28.3. The van der Waals surface area contributed by atoms with Gasteiger partial charge in [0.15, 0.2) is 10.8 Å². The van der Waals surface area contributed by atoms with E-state index in [1.54, 1.807) is 4.90 Å². The number of hydrogen-bond acceptors (Lipinski definition) is 10. The predicted octanol–water partition coefficient (Wildman–Crippen LogP) is 4.17. The second-order valence-corrected chi connectivity index (χ2v) is 14.0. The van der Waals surface area contributed by atoms with Gasteiger partial charge in [-0.25, -0.2) is 9.67 Å². The average molecular weight is 629 g/mol. The van der Waals surface area contributed by atoms with Crippen molar-refractivity contribution in [2.45, 2.75) is 44.2 Å². The number of carbonyl (C=O) groups is 1. The van der Waals surface area contributed by atoms with Crippen LogP contribution in [0.1, 0.15) is 42.2 Å². The minimum Gasteiger partial charge on any atom is -0.381 e. The minimum absolute atomic E-state index is 0.114. The second-order valence-electron chi connectivity index (χ2n) is 13.0. The molecule has 4 aliphatic rings. The zero-order chi connectivity index (χ0) is 31.1. The Kier molecular flexibility index (Phi) is 6.43. The zero-order valence-electron chi connectivity index (χ0n) is 25.2. The van der Waals surface area contributed by atoms with Crippen molar-refractivity contribution in [1.29, 1.82) is 5.26 Å². The number of likely N-dealkylation sites (tertiary alicyclic amines) is 1. The van der Waals surface area contributed by atoms with E-state index in [9.17, 15) is 15.2 Å². The maximum absolute atomic E-state index is 15.5. The first kappa shape index (κ1) is 28.4. The van der Waals surface area contributed by atoms with Crippen LogP contribution in [-0.2, 0) is 9.53 Å². The topological polar surface area (TPSA) is 124 Å². The van der Waals surface area contributed by atoms with Crippen LogP contribution in [0, 0.1) is 29.6 Å². The molecule has 0 unspecified atom stereocenters. The normalized spacial score (nSPS) is 20.2. The molecule has 45 heavy (non-hydrogen) atoms. The highest BCUT2D eigenvalue weighted by molar-refractivity contribution is 7.16. The minimum atomic E-state index is -1.35. The maximum Gasteiger partial charge on any atom is 0.254 e. The Hall–Kier alpha value is -4.12. The second kappa shape index (κ2) is 10.2. The summed E-state index contributed by atoms with van der Waals surface area (Å²) in [6, 6.07) is 12.3. The van der Waals surface area contributed by atoms with Gasteiger partial charge in [0.2, 0.25) is 5.95 Å². The number of ether oxygens (including phenoxy) is 1. The highest BCUT2D eigenvalue weighted by Gasteiger charge is 2.56. The van der Waals surface area contributed by atoms with E-state index in [0.29, 0.717) is 79.3 Å². The first-order chi connectivity index (χ1) is 21.7. The number of nitriles is 1. The van der Waals surface area contributed by atoms with Gasteiger partial charge in [0, 0.05) is 70.3 Å². The van der Waals surface area contributed by atoms with E-state index in [1.807, 2.05) is 58.8 Å². The van der Waals surface area contributed by atoms with Crippen molar-refractivity contribution in [2.24, 2.45) is 5.41 Å². The Labute approximate surface area is 263 Å². The number of rotatable bonds is 6. The molecule has 3 aromatic heterocycles. The number of thiazole rings is 1. The van der Waals surface area contributed by atoms with Crippen molar-refractivity contribution < 1.29 is 19.0 Å². The van der Waals surface area contributed by atoms with Crippen LogP contribution in [0.2, 0.25) is 0 Å². The van der Waals surface area contributed by atoms with Crippen LogP contribution in [0.25, 0.3) is 22.3 Å². The molecule has 8 rings (SSSR count). The first-order valence-corrected chi connectivity index (χ1v) is 16.1. The molecule has 0 atom stereocenters. The van der Waals surface area contributed by atoms with Crippen molar-refractivity contribution in [3.8, 4) is 17.3 Å². The maximum atomic E-state index is 15.5. The van der Waals surface area contributed by atoms with Gasteiger partial charge in [0.25, 0.3) is 5.91 Å². The molecule has 4 aromatic rings. The summed E-state index contributed by atoms with van der Waals surface area (Å²) in [5.41, 5.74) is 1.93. The molecule has 3 saturated heterocycles. The van der Waals surface area contributed by atoms with Gasteiger partial charge in [-0.3, -0.25) is 4.79 Å². The fraction of sp³-hybridized carbons (Fsp3) is 0.469. The van der Waals surface area contributed by atoms with E-state index in [0.717, 1.165) is 35.2 Å². The van der Waals surface area contributed by atoms with Crippen molar-refractivity contribution in [1.82, 2.24) is 24.6 Å². The van der Waals surface area contributed by atoms with Gasteiger partial charge in [-0.1, -0.05) is 41.2 Å². The number of hydrogen-bond donors (Lipinski definition) is 1. The number of anilines is 3. The third kappa shape index (κ3) is 4.65. The Balaban J connectivity index is 1.07. The molecule has 11 nitrogen and oxygen atoms in total. The average Bonchev–Trinajstić information content (AvgIpc) is 3.64. The smallest absolute Gasteiger partial charge is 0.254 e. The molecule has 1 spiro atoms. The highest BCUT2D eigenvalue weighted by atomic mass is 32.1. The molecular formula is C32H33FN8O3S. The molecule has 1 saturated carbocycles. The first-order valence-electron chi connectivity index (χ1n) is 15.3. The summed E-state index contributed by atoms with van der Waals surface area (Å²) in [6.45, 7) is 5.08. The predicted molar refractivity (Wildman–Crippen MR) is 167 cm³/mol. The number of amides is 1. The van der Waals surface area contributed by atoms with Crippen LogP contribution in [0.3, 0.4) is 0 Å². The summed E-state index contributed by atoms with van der Waals surface area (Å²) in [6.07, 6.45) is 2.59. The van der Waals surface area contributed by atoms with E-state index < -0.39 is 11.5 Å². The third-order valence-electron chi connectivity index (χ3n) is 9.59. The number of halogens is 1. The van der Waals surface area contributed by atoms with E-state index in [1.165, 1.54) is 11.3 Å². The largest absolute Gasteiger partial charge is 0.381 e. The Morgan fingerprint density at radius 3 is 2.53 bits per heavy atom. The molecule has 0 bridgehead atoms. The van der Waals surface area contributed by atoms with Crippen molar-refractivity contribution >= 4 is 44.9 Å². The molecule has 1 N–H and O–H groups in total. The lowest BCUT2D eigenvalue weighted by Crippen LogP contribution is -2.75. The van der Waals surface area contributed by atoms with Gasteiger partial charge >= 0.3 is 0 Å². The highest BCUT2D eigenvalue weighted by Crippen LogP contribution is 2.47. The number of aryl methyl sites for hydroxylation is 1. The monoisotopic (exact) mass is 628 g/mol. The van der Waals surface area contributed by atoms with Crippen LogP contribution >= 0.6 is 11.3 Å². The van der Waals surface area contributed by atoms with E-state index in [-0.39, 0.29) is 17.4 Å². The summed E-state index contributed by atoms with van der Waals surface area (Å²) in [7, 11) is 1.90. The molecule has 1 aliphatic carbocycles. The van der Waals surface area contributed by atoms with Gasteiger partial charge in [-0.05, 0) is 25.8 Å². The number of aromatic nitrogens is 4. The van der Waals surface area contributed by atoms with Crippen molar-refractivity contribution in [2.75, 3.05) is 56.2 Å². The lowest BCUT2D eigenvalue weighted by molar-refractivity contribution is -0.174. The molecular weight excluding hydrogens is 595 g/mol. The summed E-state index contributed by atoms with van der Waals surface area (Å²) in [5, 5.41) is 26.8. The summed E-state index contributed by atoms with van der Waals surface area (Å²) >= 11 is 1.32. The number of fused-ring (bicyclic) bond motifs is 1. The lowest BCUT2D eigenvalue weighted by atomic mass is 9.71. The van der Waals surface area contributed by atoms with Gasteiger partial charge in [0.1, 0.15) is 28.1 Å². The number of benzene rings is 1. The SMILES string of the molecule is Cc1ccc(-c2nc(N(C)c3c4cc(N5CC6(CN(C(=O)C7(O)CCOCC7)C6)C5)c(F)nc4nn3C3CC3)sc2C#N)cc1. The van der Waals surface area contributed by atoms with Crippen molar-refractivity contribution in [3.63, 3.8) is 0 Å². The third-order valence-corrected chi connectivity index (χ3v) is 10.6. The zero-order valence-corrected chi connectivity index (χ0v) is 26.0. The number of carbonyl (C=O) groups excluding carboxylic acids is 1. The van der Waals surface area contributed by atoms with Gasteiger partial charge in [-0.2, -0.15) is 19.7 Å². The van der Waals surface area contributed by atoms with Gasteiger partial charge in [-0.15, -0.1) is 0 Å². The van der Waals surface area contributed by atoms with Gasteiger partial charge in [0.05, 0.1) is 17.1 Å². The Bertz CT molecular complexity index is 1860. The van der Waals surface area contributed by atoms with Crippen LogP contribution < -0.4 is 9.80 Å². The van der Waals surface area contributed by atoms with E-state index >= 15 is 4.39 Å². The van der Waals surface area contributed by atoms with Crippen LogP contribution in [-0.4, -0.2) is 87.7 Å². The Morgan fingerprint density at radius 2 is 1.87 bits per heavy atom. The molecule has 3 aliphatic heterocycles. The molecule has 6 heterocycles. The van der Waals surface area contributed by atoms with E-state index in [4.69, 9.17) is 14.8 Å². The summed E-state index contributed by atoms with van der Waals surface area (Å²) < 4.78 is 22.7. The number of pyridine rings is 1. The lowest BCUT2D eigenvalue weighted by Gasteiger charge is -2.61. The molecule has 0 radical (unpaired) electrons. The Morgan fingerprint density at radius 1 is 1.16 bits per heavy atom. The van der Waals surface area contributed by atoms with Crippen LogP contribution in [0.5, 0.6) is 0 Å². The molecule has 13 heteroatoms. The fourth-order valence-corrected chi connectivity index (χ4v) is 7.75.